The molecule has 1 atom stereocenters. The second kappa shape index (κ2) is 5.48. The van der Waals surface area contributed by atoms with Gasteiger partial charge >= 0.3 is 0 Å². The van der Waals surface area contributed by atoms with Gasteiger partial charge in [0, 0.05) is 25.5 Å². The maximum atomic E-state index is 13.4. The Morgan fingerprint density at radius 2 is 1.95 bits per heavy atom. The molecule has 0 aliphatic carbocycles. The van der Waals surface area contributed by atoms with Crippen molar-refractivity contribution in [2.24, 2.45) is 7.05 Å². The molecule has 2 heterocycles. The van der Waals surface area contributed by atoms with E-state index in [-0.39, 0.29) is 10.9 Å². The molecule has 0 N–H and O–H groups in total. The van der Waals surface area contributed by atoms with E-state index in [1.807, 2.05) is 29.9 Å². The van der Waals surface area contributed by atoms with Gasteiger partial charge in [0.05, 0.1) is 10.9 Å². The van der Waals surface area contributed by atoms with Crippen LogP contribution >= 0.6 is 0 Å². The van der Waals surface area contributed by atoms with Gasteiger partial charge in [0.1, 0.15) is 0 Å². The number of aryl methyl sites for hydroxylation is 1. The quantitative estimate of drug-likeness (QED) is 0.870. The molecule has 22 heavy (non-hydrogen) atoms. The van der Waals surface area contributed by atoms with E-state index in [1.54, 1.807) is 0 Å². The largest absolute Gasteiger partial charge is 0.353 e. The van der Waals surface area contributed by atoms with Gasteiger partial charge in [-0.05, 0) is 43.2 Å². The predicted octanol–water partition coefficient (Wildman–Crippen LogP) is 2.83. The van der Waals surface area contributed by atoms with E-state index < -0.39 is 21.7 Å². The fraction of sp³-hybridized carbons (Fsp3) is 0.333. The molecule has 0 unspecified atom stereocenters. The first kappa shape index (κ1) is 15.2. The van der Waals surface area contributed by atoms with Crippen LogP contribution in [-0.2, 0) is 17.1 Å². The molecule has 1 fully saturated rings. The Bertz CT molecular complexity index is 802. The zero-order valence-electron chi connectivity index (χ0n) is 12.0. The highest BCUT2D eigenvalue weighted by atomic mass is 32.2. The van der Waals surface area contributed by atoms with Crippen molar-refractivity contribution in [1.82, 2.24) is 8.87 Å². The lowest BCUT2D eigenvalue weighted by Gasteiger charge is -2.24. The summed E-state index contributed by atoms with van der Waals surface area (Å²) in [6.45, 7) is 0.372. The molecule has 0 radical (unpaired) electrons. The van der Waals surface area contributed by atoms with Gasteiger partial charge in [0.2, 0.25) is 10.0 Å². The van der Waals surface area contributed by atoms with Gasteiger partial charge in [-0.1, -0.05) is 0 Å². The summed E-state index contributed by atoms with van der Waals surface area (Å²) in [5.41, 5.74) is 0.892. The highest BCUT2D eigenvalue weighted by molar-refractivity contribution is 7.89. The number of aromatic nitrogens is 1. The van der Waals surface area contributed by atoms with Crippen LogP contribution in [0.25, 0.3) is 0 Å². The van der Waals surface area contributed by atoms with Crippen LogP contribution in [-0.4, -0.2) is 23.8 Å². The Hall–Kier alpha value is -1.73. The molecule has 1 aliphatic rings. The van der Waals surface area contributed by atoms with E-state index in [2.05, 4.69) is 0 Å². The molecule has 1 aromatic carbocycles. The molecule has 4 nitrogen and oxygen atoms in total. The van der Waals surface area contributed by atoms with E-state index in [4.69, 9.17) is 0 Å². The zero-order chi connectivity index (χ0) is 15.9. The second-order valence-corrected chi connectivity index (χ2v) is 7.28. The third kappa shape index (κ3) is 2.44. The van der Waals surface area contributed by atoms with Crippen LogP contribution in [0.3, 0.4) is 0 Å². The van der Waals surface area contributed by atoms with E-state index in [9.17, 15) is 17.2 Å². The van der Waals surface area contributed by atoms with Crippen molar-refractivity contribution >= 4 is 10.0 Å². The van der Waals surface area contributed by atoms with Crippen LogP contribution in [0.5, 0.6) is 0 Å². The Labute approximate surface area is 128 Å². The van der Waals surface area contributed by atoms with Crippen molar-refractivity contribution in [2.75, 3.05) is 6.54 Å². The SMILES string of the molecule is Cn1cccc1[C@H]1CCCN1S(=O)(=O)c1ccc(F)c(F)c1. The third-order valence-corrected chi connectivity index (χ3v) is 5.93. The van der Waals surface area contributed by atoms with Crippen LogP contribution in [0.1, 0.15) is 24.6 Å². The summed E-state index contributed by atoms with van der Waals surface area (Å²) in [5, 5.41) is 0. The summed E-state index contributed by atoms with van der Waals surface area (Å²) in [5.74, 6) is -2.21. The average molecular weight is 326 g/mol. The smallest absolute Gasteiger partial charge is 0.243 e. The first-order chi connectivity index (χ1) is 10.4. The minimum atomic E-state index is -3.86. The average Bonchev–Trinajstić information content (AvgIpc) is 3.10. The summed E-state index contributed by atoms with van der Waals surface area (Å²) in [7, 11) is -2.00. The Balaban J connectivity index is 2.00. The summed E-state index contributed by atoms with van der Waals surface area (Å²) < 4.78 is 55.1. The van der Waals surface area contributed by atoms with Crippen LogP contribution < -0.4 is 0 Å². The summed E-state index contributed by atoms with van der Waals surface area (Å²) in [4.78, 5) is -0.215. The van der Waals surface area contributed by atoms with E-state index in [0.717, 1.165) is 30.3 Å². The van der Waals surface area contributed by atoms with E-state index in [0.29, 0.717) is 13.0 Å². The topological polar surface area (TPSA) is 42.3 Å². The fourth-order valence-corrected chi connectivity index (χ4v) is 4.60. The summed E-state index contributed by atoms with van der Waals surface area (Å²) in [6.07, 6.45) is 3.30. The fourth-order valence-electron chi connectivity index (χ4n) is 2.92. The number of hydrogen-bond acceptors (Lipinski definition) is 2. The van der Waals surface area contributed by atoms with Gasteiger partial charge in [0.15, 0.2) is 11.6 Å². The maximum Gasteiger partial charge on any atom is 0.243 e. The molecule has 7 heteroatoms. The van der Waals surface area contributed by atoms with Crippen molar-refractivity contribution in [2.45, 2.75) is 23.8 Å². The molecule has 1 saturated heterocycles. The molecular weight excluding hydrogens is 310 g/mol. The minimum absolute atomic E-state index is 0.215. The van der Waals surface area contributed by atoms with Gasteiger partial charge in [-0.2, -0.15) is 4.31 Å². The Morgan fingerprint density at radius 3 is 2.59 bits per heavy atom. The summed E-state index contributed by atoms with van der Waals surface area (Å²) in [6, 6.07) is 6.15. The predicted molar refractivity (Wildman–Crippen MR) is 77.6 cm³/mol. The Kier molecular flexibility index (Phi) is 3.78. The number of sulfonamides is 1. The lowest BCUT2D eigenvalue weighted by molar-refractivity contribution is 0.384. The molecule has 0 amide bonds. The molecular formula is C15H16F2N2O2S. The van der Waals surface area contributed by atoms with Crippen molar-refractivity contribution < 1.29 is 17.2 Å². The van der Waals surface area contributed by atoms with E-state index in [1.165, 1.54) is 4.31 Å². The molecule has 118 valence electrons. The third-order valence-electron chi connectivity index (χ3n) is 4.03. The molecule has 1 aliphatic heterocycles. The van der Waals surface area contributed by atoms with Crippen molar-refractivity contribution in [3.05, 3.63) is 53.9 Å². The highest BCUT2D eigenvalue weighted by Gasteiger charge is 2.37. The van der Waals surface area contributed by atoms with Crippen LogP contribution in [0.2, 0.25) is 0 Å². The number of hydrogen-bond donors (Lipinski definition) is 0. The normalized spacial score (nSPS) is 19.7. The van der Waals surface area contributed by atoms with Gasteiger partial charge < -0.3 is 4.57 Å². The van der Waals surface area contributed by atoms with Gasteiger partial charge in [-0.3, -0.25) is 0 Å². The van der Waals surface area contributed by atoms with Crippen molar-refractivity contribution in [1.29, 1.82) is 0 Å². The molecule has 0 bridgehead atoms. The van der Waals surface area contributed by atoms with Crippen molar-refractivity contribution in [3.8, 4) is 0 Å². The van der Waals surface area contributed by atoms with Crippen LogP contribution in [0.15, 0.2) is 41.4 Å². The van der Waals surface area contributed by atoms with E-state index >= 15 is 0 Å². The second-order valence-electron chi connectivity index (χ2n) is 5.39. The summed E-state index contributed by atoms with van der Waals surface area (Å²) >= 11 is 0. The maximum absolute atomic E-state index is 13.4. The highest BCUT2D eigenvalue weighted by Crippen LogP contribution is 2.36. The van der Waals surface area contributed by atoms with Gasteiger partial charge in [0.25, 0.3) is 0 Å². The van der Waals surface area contributed by atoms with Gasteiger partial charge in [-0.15, -0.1) is 0 Å². The number of benzene rings is 1. The van der Waals surface area contributed by atoms with Gasteiger partial charge in [-0.25, -0.2) is 17.2 Å². The first-order valence-electron chi connectivity index (χ1n) is 6.99. The minimum Gasteiger partial charge on any atom is -0.353 e. The Morgan fingerprint density at radius 1 is 1.18 bits per heavy atom. The molecule has 0 spiro atoms. The standard InChI is InChI=1S/C15H16F2N2O2S/c1-18-8-2-4-14(18)15-5-3-9-19(15)22(20,21)11-6-7-12(16)13(17)10-11/h2,4,6-8,10,15H,3,5,9H2,1H3/t15-/m1/s1. The van der Waals surface area contributed by atoms with Crippen molar-refractivity contribution in [3.63, 3.8) is 0 Å². The number of nitrogens with zero attached hydrogens (tertiary/aromatic N) is 2. The molecule has 1 aromatic heterocycles. The number of rotatable bonds is 3. The molecule has 0 saturated carbocycles. The molecule has 2 aromatic rings. The van der Waals surface area contributed by atoms with Crippen LogP contribution in [0, 0.1) is 11.6 Å². The number of halogens is 2. The first-order valence-corrected chi connectivity index (χ1v) is 8.43. The van der Waals surface area contributed by atoms with Crippen LogP contribution in [0.4, 0.5) is 8.78 Å². The lowest BCUT2D eigenvalue weighted by atomic mass is 10.1. The zero-order valence-corrected chi connectivity index (χ0v) is 12.9. The molecule has 3 rings (SSSR count). The monoisotopic (exact) mass is 326 g/mol. The lowest BCUT2D eigenvalue weighted by Crippen LogP contribution is -2.31.